The summed E-state index contributed by atoms with van der Waals surface area (Å²) in [6, 6.07) is 52.2. The molecule has 0 amide bonds. The summed E-state index contributed by atoms with van der Waals surface area (Å²) in [7, 11) is 0. The summed E-state index contributed by atoms with van der Waals surface area (Å²) in [5.41, 5.74) is 13.9. The third-order valence-corrected chi connectivity index (χ3v) is 21.5. The average molecular weight is 1410 g/mol. The lowest BCUT2D eigenvalue weighted by Gasteiger charge is -2.15. The molecule has 0 radical (unpaired) electrons. The van der Waals surface area contributed by atoms with Gasteiger partial charge < -0.3 is 50.2 Å². The van der Waals surface area contributed by atoms with Crippen LogP contribution in [0.4, 0.5) is 22.7 Å². The highest BCUT2D eigenvalue weighted by atomic mass is 32.2. The Morgan fingerprint density at radius 2 is 0.550 bits per heavy atom. The summed E-state index contributed by atoms with van der Waals surface area (Å²) in [4.78, 5) is 51.1. The molecule has 8 aromatic carbocycles. The number of fused-ring (bicyclic) bond motifs is 20. The standard InChI is InChI=1S/C80H86N12O4S4/c1-9-93-45-13-41-81-57-33-37-61(97-53-25-17-49(5)18-26-53)69-65(57)73-85-74-66-58(82-42-14-46-94-10-2)34-39-63(99-55-29-21-51(7)22-30-55)71(66)79(87-74)92-80-72-64(100-56-31-23-52(8)24-32-56)40-36-60(84-44-16-48-96-12-4)68(72)76(91-80)90-78-70-62(98-54-27-19-50(6)20-28-54)38-35-59(83-43-15-47-95-11-3)67(70)75(89-78)88-77(69)86-73/h17-40,81-84H,9-16,41-48H2,1-8H3,(H2,85,86,87,88,89,90,91,92). The van der Waals surface area contributed by atoms with Gasteiger partial charge in [0.1, 0.15) is 22.6 Å². The van der Waals surface area contributed by atoms with E-state index in [0.717, 1.165) is 131 Å². The van der Waals surface area contributed by atoms with E-state index in [9.17, 15) is 0 Å². The van der Waals surface area contributed by atoms with Gasteiger partial charge in [-0.25, -0.2) is 29.9 Å². The number of nitrogens with zero attached hydrogens (tertiary/aromatic N) is 6. The van der Waals surface area contributed by atoms with Crippen LogP contribution in [-0.4, -0.2) is 119 Å². The maximum Gasteiger partial charge on any atom is 0.166 e. The SMILES string of the molecule is CCOCCCNc1ccc(Sc2ccc(C)cc2)c2c1-c1nc-2nc2[nH]c(nc3nc(nc4[nH]c(n1)c1c(NCCCOCC)ccc(Sc5ccc(C)cc5)c41)-c1c(Sc4ccc(C)cc4)ccc(NCCCOCC)c1-3)c1c(Sc3ccc(C)cc3)ccc(NCCCOCC)c21. The molecule has 100 heavy (non-hydrogen) atoms. The molecule has 3 aromatic heterocycles. The largest absolute Gasteiger partial charge is 0.384 e. The van der Waals surface area contributed by atoms with Gasteiger partial charge in [-0.15, -0.1) is 0 Å². The number of nitrogens with one attached hydrogen (secondary N) is 6. The van der Waals surface area contributed by atoms with Gasteiger partial charge >= 0.3 is 0 Å². The van der Waals surface area contributed by atoms with Crippen molar-refractivity contribution >= 4 is 114 Å². The lowest BCUT2D eigenvalue weighted by molar-refractivity contribution is 0.147. The van der Waals surface area contributed by atoms with Crippen molar-refractivity contribution in [2.24, 2.45) is 0 Å². The fraction of sp³-hybridized carbons (Fsp3) is 0.300. The maximum atomic E-state index is 5.90. The Hall–Kier alpha value is -8.44. The Morgan fingerprint density at radius 1 is 0.290 bits per heavy atom. The lowest BCUT2D eigenvalue weighted by Crippen LogP contribution is -2.07. The summed E-state index contributed by atoms with van der Waals surface area (Å²) in [5.74, 6) is 1.95. The summed E-state index contributed by atoms with van der Waals surface area (Å²) in [5, 5.41) is 18.9. The third-order valence-electron chi connectivity index (χ3n) is 17.2. The molecule has 0 unspecified atom stereocenters. The van der Waals surface area contributed by atoms with Crippen LogP contribution in [0.2, 0.25) is 0 Å². The van der Waals surface area contributed by atoms with E-state index in [-0.39, 0.29) is 0 Å². The summed E-state index contributed by atoms with van der Waals surface area (Å²) < 4.78 is 23.6. The minimum absolute atomic E-state index is 0.481. The van der Waals surface area contributed by atoms with E-state index in [1.54, 1.807) is 47.0 Å². The second-order valence-electron chi connectivity index (χ2n) is 24.6. The molecule has 0 fully saturated rings. The van der Waals surface area contributed by atoms with Crippen LogP contribution < -0.4 is 21.3 Å². The number of hydrogen-bond acceptors (Lipinski definition) is 18. The number of aromatic amines is 2. The Labute approximate surface area is 602 Å². The minimum atomic E-state index is 0.481. The van der Waals surface area contributed by atoms with E-state index in [4.69, 9.17) is 48.9 Å². The monoisotopic (exact) mass is 1410 g/mol. The first-order chi connectivity index (χ1) is 49.0. The van der Waals surface area contributed by atoms with Crippen LogP contribution in [0.25, 0.3) is 89.7 Å². The molecule has 2 aliphatic rings. The number of aromatic nitrogens is 8. The molecule has 0 saturated heterocycles. The molecule has 20 heteroatoms. The first-order valence-electron chi connectivity index (χ1n) is 34.8. The summed E-state index contributed by atoms with van der Waals surface area (Å²) in [6.45, 7) is 24.2. The summed E-state index contributed by atoms with van der Waals surface area (Å²) >= 11 is 6.76. The lowest BCUT2D eigenvalue weighted by atomic mass is 10.1. The number of ether oxygens (including phenoxy) is 4. The van der Waals surface area contributed by atoms with Crippen molar-refractivity contribution in [3.8, 4) is 45.6 Å². The van der Waals surface area contributed by atoms with Gasteiger partial charge in [0.2, 0.25) is 0 Å². The predicted molar refractivity (Wildman–Crippen MR) is 416 cm³/mol. The van der Waals surface area contributed by atoms with Gasteiger partial charge in [-0.2, -0.15) is 0 Å². The number of rotatable bonds is 32. The molecule has 8 bridgehead atoms. The Morgan fingerprint density at radius 3 is 0.860 bits per heavy atom. The average Bonchev–Trinajstić information content (AvgIpc) is 1.58. The Bertz CT molecular complexity index is 4860. The molecule has 0 spiro atoms. The van der Waals surface area contributed by atoms with Crippen molar-refractivity contribution in [3.05, 3.63) is 168 Å². The van der Waals surface area contributed by atoms with Gasteiger partial charge in [0, 0.05) is 163 Å². The normalized spacial score (nSPS) is 11.8. The topological polar surface area (TPSA) is 194 Å². The molecule has 11 aromatic rings. The van der Waals surface area contributed by atoms with E-state index in [2.05, 4.69) is 205 Å². The zero-order valence-corrected chi connectivity index (χ0v) is 61.4. The molecule has 16 nitrogen and oxygen atoms in total. The van der Waals surface area contributed by atoms with Crippen LogP contribution in [0, 0.1) is 27.7 Å². The van der Waals surface area contributed by atoms with E-state index in [1.165, 1.54) is 22.3 Å². The molecule has 514 valence electrons. The van der Waals surface area contributed by atoms with E-state index >= 15 is 0 Å². The molecule has 13 rings (SSSR count). The zero-order valence-electron chi connectivity index (χ0n) is 58.1. The Kier molecular flexibility index (Phi) is 23.4. The van der Waals surface area contributed by atoms with Gasteiger partial charge in [-0.1, -0.05) is 118 Å². The van der Waals surface area contributed by atoms with Crippen molar-refractivity contribution in [2.75, 3.05) is 100 Å². The fourth-order valence-electron chi connectivity index (χ4n) is 12.2. The maximum absolute atomic E-state index is 5.90. The van der Waals surface area contributed by atoms with Gasteiger partial charge in [0.15, 0.2) is 23.3 Å². The van der Waals surface area contributed by atoms with Crippen LogP contribution in [0.15, 0.2) is 185 Å². The molecular formula is C80H86N12O4S4. The second-order valence-corrected chi connectivity index (χ2v) is 29.1. The highest BCUT2D eigenvalue weighted by Crippen LogP contribution is 2.51. The first-order valence-corrected chi connectivity index (χ1v) is 38.1. The number of H-pyrrole nitrogens is 2. The van der Waals surface area contributed by atoms with E-state index in [1.807, 2.05) is 27.7 Å². The molecule has 6 N–H and O–H groups in total. The first kappa shape index (κ1) is 70.0. The van der Waals surface area contributed by atoms with Crippen LogP contribution >= 0.6 is 47.0 Å². The quantitative estimate of drug-likeness (QED) is 0.0218. The number of aryl methyl sites for hydroxylation is 4. The Balaban J connectivity index is 1.19. The van der Waals surface area contributed by atoms with Gasteiger partial charge in [0.25, 0.3) is 0 Å². The number of hydrogen-bond donors (Lipinski definition) is 6. The van der Waals surface area contributed by atoms with Crippen molar-refractivity contribution in [1.82, 2.24) is 39.9 Å². The molecule has 5 heterocycles. The zero-order chi connectivity index (χ0) is 68.9. The molecule has 2 aliphatic heterocycles. The van der Waals surface area contributed by atoms with Gasteiger partial charge in [-0.05, 0) is 178 Å². The predicted octanol–water partition coefficient (Wildman–Crippen LogP) is 20.1. The van der Waals surface area contributed by atoms with Crippen LogP contribution in [0.5, 0.6) is 0 Å². The van der Waals surface area contributed by atoms with Crippen LogP contribution in [0.1, 0.15) is 75.6 Å². The van der Waals surface area contributed by atoms with E-state index in [0.29, 0.717) is 125 Å². The number of anilines is 4. The molecule has 0 aliphatic carbocycles. The smallest absolute Gasteiger partial charge is 0.166 e. The molecule has 0 atom stereocenters. The number of benzene rings is 8. The summed E-state index contributed by atoms with van der Waals surface area (Å²) in [6.07, 6.45) is 3.14. The highest BCUT2D eigenvalue weighted by Gasteiger charge is 2.31. The third kappa shape index (κ3) is 16.3. The van der Waals surface area contributed by atoms with E-state index < -0.39 is 0 Å². The van der Waals surface area contributed by atoms with Crippen LogP contribution in [-0.2, 0) is 18.9 Å². The van der Waals surface area contributed by atoms with Crippen molar-refractivity contribution in [3.63, 3.8) is 0 Å². The van der Waals surface area contributed by atoms with Crippen molar-refractivity contribution in [1.29, 1.82) is 0 Å². The molecule has 0 saturated carbocycles. The fourth-order valence-corrected chi connectivity index (χ4v) is 16.1. The van der Waals surface area contributed by atoms with Crippen molar-refractivity contribution in [2.45, 2.75) is 120 Å². The molecular weight excluding hydrogens is 1320 g/mol. The van der Waals surface area contributed by atoms with Crippen molar-refractivity contribution < 1.29 is 18.9 Å². The minimum Gasteiger partial charge on any atom is -0.384 e. The van der Waals surface area contributed by atoms with Gasteiger partial charge in [0.05, 0.1) is 21.9 Å². The highest BCUT2D eigenvalue weighted by molar-refractivity contribution is 8.00. The van der Waals surface area contributed by atoms with Crippen LogP contribution in [0.3, 0.4) is 0 Å². The van der Waals surface area contributed by atoms with Gasteiger partial charge in [-0.3, -0.25) is 0 Å². The second kappa shape index (κ2) is 33.4.